The highest BCUT2D eigenvalue weighted by atomic mass is 16.4. The van der Waals surface area contributed by atoms with Crippen molar-refractivity contribution in [1.82, 2.24) is 10.3 Å². The number of aromatic hydroxyl groups is 1. The number of carboxylic acids is 1. The number of amides is 1. The van der Waals surface area contributed by atoms with Crippen molar-refractivity contribution in [2.75, 3.05) is 0 Å². The van der Waals surface area contributed by atoms with Gasteiger partial charge in [0, 0.05) is 11.6 Å². The zero-order valence-electron chi connectivity index (χ0n) is 16.7. The first-order chi connectivity index (χ1) is 15.5. The van der Waals surface area contributed by atoms with Crippen LogP contribution in [0, 0.1) is 0 Å². The van der Waals surface area contributed by atoms with E-state index in [9.17, 15) is 19.8 Å². The molecule has 0 aliphatic heterocycles. The van der Waals surface area contributed by atoms with E-state index in [4.69, 9.17) is 0 Å². The lowest BCUT2D eigenvalue weighted by Gasteiger charge is -2.15. The summed E-state index contributed by atoms with van der Waals surface area (Å²) in [5.41, 5.74) is 0.729. The fraction of sp³-hybridized carbons (Fsp3) is 0.0417. The Hall–Kier alpha value is -4.59. The van der Waals surface area contributed by atoms with Crippen molar-refractivity contribution < 1.29 is 19.8 Å². The van der Waals surface area contributed by atoms with Crippen LogP contribution in [0.2, 0.25) is 0 Å². The summed E-state index contributed by atoms with van der Waals surface area (Å²) in [5.74, 6) is -1.97. The zero-order valence-corrected chi connectivity index (χ0v) is 16.7. The molecule has 1 aromatic heterocycles. The van der Waals surface area contributed by atoms with Crippen molar-refractivity contribution in [3.05, 3.63) is 96.3 Å². The van der Waals surface area contributed by atoms with Crippen LogP contribution in [0.15, 0.2) is 95.3 Å². The van der Waals surface area contributed by atoms with Gasteiger partial charge in [-0.1, -0.05) is 60.7 Å². The van der Waals surface area contributed by atoms with Crippen molar-refractivity contribution in [1.29, 1.82) is 0 Å². The first-order valence-corrected chi connectivity index (χ1v) is 9.70. The average molecular weight is 426 g/mol. The third-order valence-corrected chi connectivity index (χ3v) is 4.79. The van der Waals surface area contributed by atoms with Gasteiger partial charge in [-0.2, -0.15) is 0 Å². The lowest BCUT2D eigenvalue weighted by molar-refractivity contribution is -0.139. The predicted molar refractivity (Wildman–Crippen MR) is 118 cm³/mol. The minimum atomic E-state index is -1.25. The fourth-order valence-electron chi connectivity index (χ4n) is 3.24. The number of phenolic OH excluding ortho intramolecular Hbond substituents is 1. The number of rotatable bonds is 6. The third kappa shape index (κ3) is 4.29. The molecule has 32 heavy (non-hydrogen) atoms. The quantitative estimate of drug-likeness (QED) is 0.378. The molecule has 0 aliphatic carbocycles. The van der Waals surface area contributed by atoms with E-state index in [0.29, 0.717) is 10.9 Å². The molecule has 0 saturated heterocycles. The molecule has 1 heterocycles. The molecule has 8 heteroatoms. The number of benzene rings is 3. The van der Waals surface area contributed by atoms with E-state index in [1.807, 2.05) is 18.2 Å². The molecule has 8 nitrogen and oxygen atoms in total. The minimum Gasteiger partial charge on any atom is -0.506 e. The van der Waals surface area contributed by atoms with Gasteiger partial charge in [-0.05, 0) is 29.1 Å². The van der Waals surface area contributed by atoms with E-state index in [0.717, 1.165) is 5.39 Å². The number of carbonyl (C=O) groups excluding carboxylic acids is 1. The van der Waals surface area contributed by atoms with Crippen LogP contribution in [0.1, 0.15) is 22.1 Å². The molecule has 3 N–H and O–H groups in total. The Morgan fingerprint density at radius 3 is 2.41 bits per heavy atom. The Balaban J connectivity index is 1.66. The lowest BCUT2D eigenvalue weighted by atomic mass is 10.1. The number of phenols is 1. The molecular formula is C24H18N4O4. The van der Waals surface area contributed by atoms with Gasteiger partial charge >= 0.3 is 5.97 Å². The number of hydrogen-bond donors (Lipinski definition) is 3. The number of aliphatic carboxylic acids is 1. The van der Waals surface area contributed by atoms with Crippen LogP contribution < -0.4 is 5.32 Å². The van der Waals surface area contributed by atoms with Gasteiger partial charge in [0.15, 0.2) is 11.7 Å². The second kappa shape index (κ2) is 9.05. The first kappa shape index (κ1) is 20.7. The van der Waals surface area contributed by atoms with Crippen molar-refractivity contribution in [2.45, 2.75) is 6.04 Å². The van der Waals surface area contributed by atoms with Crippen LogP contribution in [0.5, 0.6) is 5.75 Å². The van der Waals surface area contributed by atoms with Crippen LogP contribution >= 0.6 is 0 Å². The Labute approximate surface area is 182 Å². The lowest BCUT2D eigenvalue weighted by Crippen LogP contribution is -2.34. The predicted octanol–water partition coefficient (Wildman–Crippen LogP) is 4.91. The first-order valence-electron chi connectivity index (χ1n) is 9.70. The van der Waals surface area contributed by atoms with E-state index >= 15 is 0 Å². The second-order valence-electron chi connectivity index (χ2n) is 6.88. The number of hydrogen-bond acceptors (Lipinski definition) is 6. The molecule has 3 aromatic carbocycles. The average Bonchev–Trinajstić information content (AvgIpc) is 2.82. The summed E-state index contributed by atoms with van der Waals surface area (Å²) in [6, 6.07) is 20.9. The van der Waals surface area contributed by atoms with Crippen LogP contribution in [-0.4, -0.2) is 27.1 Å². The Morgan fingerprint density at radius 2 is 1.62 bits per heavy atom. The summed E-state index contributed by atoms with van der Waals surface area (Å²) in [6.45, 7) is 0. The number of carboxylic acid groups (broad SMARTS) is 1. The molecule has 4 aromatic rings. The van der Waals surface area contributed by atoms with Crippen LogP contribution in [-0.2, 0) is 4.79 Å². The molecule has 0 unspecified atom stereocenters. The van der Waals surface area contributed by atoms with E-state index in [1.165, 1.54) is 18.3 Å². The van der Waals surface area contributed by atoms with Gasteiger partial charge < -0.3 is 15.5 Å². The summed E-state index contributed by atoms with van der Waals surface area (Å²) in [7, 11) is 0. The molecule has 0 saturated carbocycles. The number of pyridine rings is 1. The topological polar surface area (TPSA) is 124 Å². The number of nitrogens with one attached hydrogen (secondary N) is 1. The van der Waals surface area contributed by atoms with Gasteiger partial charge in [0.05, 0.1) is 0 Å². The smallest absolute Gasteiger partial charge is 0.330 e. The number of nitrogens with zero attached hydrogens (tertiary/aromatic N) is 3. The fourth-order valence-corrected chi connectivity index (χ4v) is 3.24. The van der Waals surface area contributed by atoms with Gasteiger partial charge in [-0.25, -0.2) is 9.78 Å². The molecule has 0 bridgehead atoms. The maximum atomic E-state index is 12.9. The minimum absolute atomic E-state index is 0.0580. The Bertz CT molecular complexity index is 1320. The Morgan fingerprint density at radius 1 is 0.875 bits per heavy atom. The highest BCUT2D eigenvalue weighted by Crippen LogP contribution is 2.36. The van der Waals surface area contributed by atoms with Crippen LogP contribution in [0.4, 0.5) is 11.4 Å². The van der Waals surface area contributed by atoms with E-state index < -0.39 is 17.9 Å². The van der Waals surface area contributed by atoms with Gasteiger partial charge in [0.2, 0.25) is 0 Å². The third-order valence-electron chi connectivity index (χ3n) is 4.79. The second-order valence-corrected chi connectivity index (χ2v) is 6.88. The largest absolute Gasteiger partial charge is 0.506 e. The van der Waals surface area contributed by atoms with Crippen molar-refractivity contribution in [2.24, 2.45) is 10.2 Å². The monoisotopic (exact) mass is 426 g/mol. The maximum Gasteiger partial charge on any atom is 0.330 e. The number of carbonyl (C=O) groups is 2. The molecule has 0 radical (unpaired) electrons. The molecule has 158 valence electrons. The number of fused-ring (bicyclic) bond motifs is 1. The molecule has 4 rings (SSSR count). The van der Waals surface area contributed by atoms with Crippen molar-refractivity contribution >= 4 is 34.0 Å². The van der Waals surface area contributed by atoms with E-state index in [-0.39, 0.29) is 22.8 Å². The van der Waals surface area contributed by atoms with E-state index in [1.54, 1.807) is 48.5 Å². The summed E-state index contributed by atoms with van der Waals surface area (Å²) in [5, 5.41) is 32.2. The van der Waals surface area contributed by atoms with Gasteiger partial charge in [0.25, 0.3) is 5.91 Å². The molecule has 0 aliphatic rings. The van der Waals surface area contributed by atoms with E-state index in [2.05, 4.69) is 20.5 Å². The zero-order chi connectivity index (χ0) is 22.5. The number of azo groups is 1. The standard InChI is InChI=1S/C24H18N4O4/c29-19-13-12-15-7-4-5-10-17(15)21(19)28-27-18-11-6-14-25-22(18)23(30)26-20(24(31)32)16-8-2-1-3-9-16/h1-14,20,29H,(H,26,30)(H,31,32)/t20-/m0/s1. The van der Waals surface area contributed by atoms with Crippen molar-refractivity contribution in [3.63, 3.8) is 0 Å². The molecule has 1 amide bonds. The highest BCUT2D eigenvalue weighted by molar-refractivity contribution is 5.99. The van der Waals surface area contributed by atoms with Gasteiger partial charge in [-0.3, -0.25) is 4.79 Å². The molecule has 0 fully saturated rings. The molecule has 0 spiro atoms. The highest BCUT2D eigenvalue weighted by Gasteiger charge is 2.24. The van der Waals surface area contributed by atoms with Crippen molar-refractivity contribution in [3.8, 4) is 5.75 Å². The SMILES string of the molecule is O=C(N[C@H](C(=O)O)c1ccccc1)c1ncccc1N=Nc1c(O)ccc2ccccc12. The molecular weight excluding hydrogens is 408 g/mol. The summed E-state index contributed by atoms with van der Waals surface area (Å²) in [6.07, 6.45) is 1.40. The summed E-state index contributed by atoms with van der Waals surface area (Å²) >= 11 is 0. The molecule has 1 atom stereocenters. The summed E-state index contributed by atoms with van der Waals surface area (Å²) < 4.78 is 0. The normalized spacial score (nSPS) is 12.0. The maximum absolute atomic E-state index is 12.9. The van der Waals surface area contributed by atoms with Crippen LogP contribution in [0.25, 0.3) is 10.8 Å². The Kier molecular flexibility index (Phi) is 5.85. The van der Waals surface area contributed by atoms with Gasteiger partial charge in [0.1, 0.15) is 17.1 Å². The summed E-state index contributed by atoms with van der Waals surface area (Å²) in [4.78, 5) is 28.6. The van der Waals surface area contributed by atoms with Gasteiger partial charge in [-0.15, -0.1) is 10.2 Å². The van der Waals surface area contributed by atoms with Crippen LogP contribution in [0.3, 0.4) is 0 Å². The number of aromatic nitrogens is 1.